The van der Waals surface area contributed by atoms with Crippen molar-refractivity contribution in [2.24, 2.45) is 5.73 Å². The molecule has 0 aromatic heterocycles. The van der Waals surface area contributed by atoms with Crippen LogP contribution in [-0.2, 0) is 5.54 Å². The van der Waals surface area contributed by atoms with E-state index in [4.69, 9.17) is 17.3 Å². The Labute approximate surface area is 83.7 Å². The van der Waals surface area contributed by atoms with E-state index in [1.54, 1.807) is 0 Å². The maximum atomic E-state index is 13.2. The molecule has 0 saturated heterocycles. The predicted octanol–water partition coefficient (Wildman–Crippen LogP) is 2.67. The van der Waals surface area contributed by atoms with Crippen molar-refractivity contribution in [3.05, 3.63) is 34.6 Å². The molecule has 1 atom stereocenters. The highest BCUT2D eigenvalue weighted by molar-refractivity contribution is 6.30. The fourth-order valence-electron chi connectivity index (χ4n) is 1.44. The van der Waals surface area contributed by atoms with Crippen molar-refractivity contribution < 1.29 is 13.2 Å². The van der Waals surface area contributed by atoms with Gasteiger partial charge in [-0.15, -0.1) is 0 Å². The Morgan fingerprint density at radius 2 is 1.93 bits per heavy atom. The molecule has 0 aliphatic heterocycles. The van der Waals surface area contributed by atoms with Crippen molar-refractivity contribution in [2.45, 2.75) is 17.9 Å². The summed E-state index contributed by atoms with van der Waals surface area (Å²) in [5.74, 6) is -3.77. The van der Waals surface area contributed by atoms with E-state index in [0.29, 0.717) is 0 Å². The van der Waals surface area contributed by atoms with Crippen LogP contribution in [0.1, 0.15) is 12.0 Å². The van der Waals surface area contributed by atoms with Crippen LogP contribution in [0, 0.1) is 5.82 Å². The summed E-state index contributed by atoms with van der Waals surface area (Å²) < 4.78 is 38.9. The van der Waals surface area contributed by atoms with Crippen LogP contribution in [0.3, 0.4) is 0 Å². The van der Waals surface area contributed by atoms with Gasteiger partial charge in [0.2, 0.25) is 0 Å². The molecule has 1 fully saturated rings. The summed E-state index contributed by atoms with van der Waals surface area (Å²) in [6.07, 6.45) is -0.530. The molecule has 0 bridgehead atoms. The highest BCUT2D eigenvalue weighted by atomic mass is 35.5. The summed E-state index contributed by atoms with van der Waals surface area (Å²) in [7, 11) is 0. The van der Waals surface area contributed by atoms with Crippen LogP contribution >= 0.6 is 11.6 Å². The lowest BCUT2D eigenvalue weighted by Crippen LogP contribution is -2.28. The Morgan fingerprint density at radius 1 is 1.36 bits per heavy atom. The molecule has 0 radical (unpaired) electrons. The molecule has 2 rings (SSSR count). The van der Waals surface area contributed by atoms with E-state index in [1.807, 2.05) is 0 Å². The molecule has 2 N–H and O–H groups in total. The third-order valence-corrected chi connectivity index (χ3v) is 2.67. The molecule has 0 spiro atoms. The minimum atomic E-state index is -3.03. The van der Waals surface area contributed by atoms with Crippen molar-refractivity contribution in [2.75, 3.05) is 0 Å². The Kier molecular flexibility index (Phi) is 1.85. The number of halogens is 4. The van der Waals surface area contributed by atoms with E-state index < -0.39 is 23.7 Å². The summed E-state index contributed by atoms with van der Waals surface area (Å²) in [5, 5.41) is 0.203. The van der Waals surface area contributed by atoms with E-state index in [1.165, 1.54) is 6.07 Å². The van der Waals surface area contributed by atoms with Crippen LogP contribution in [0.4, 0.5) is 13.2 Å². The van der Waals surface area contributed by atoms with Crippen molar-refractivity contribution >= 4 is 11.6 Å². The second kappa shape index (κ2) is 2.64. The van der Waals surface area contributed by atoms with E-state index >= 15 is 0 Å². The van der Waals surface area contributed by atoms with E-state index in [2.05, 4.69) is 0 Å². The molecule has 14 heavy (non-hydrogen) atoms. The molecule has 1 unspecified atom stereocenters. The van der Waals surface area contributed by atoms with Gasteiger partial charge in [-0.05, 0) is 18.2 Å². The molecule has 1 saturated carbocycles. The molecular weight excluding hydrogens is 215 g/mol. The monoisotopic (exact) mass is 221 g/mol. The zero-order valence-corrected chi connectivity index (χ0v) is 7.78. The second-order valence-corrected chi connectivity index (χ2v) is 3.91. The van der Waals surface area contributed by atoms with Gasteiger partial charge in [0, 0.05) is 17.0 Å². The van der Waals surface area contributed by atoms with E-state index in [0.717, 1.165) is 12.1 Å². The van der Waals surface area contributed by atoms with Gasteiger partial charge in [0.1, 0.15) is 11.4 Å². The molecule has 1 aliphatic carbocycles. The standard InChI is InChI=1S/C9H7ClF3N/c10-5-1-2-7(11)6(3-5)8(14)4-9(8,12)13/h1-3H,4,14H2. The summed E-state index contributed by atoms with van der Waals surface area (Å²) in [4.78, 5) is 0. The number of nitrogens with two attached hydrogens (primary N) is 1. The van der Waals surface area contributed by atoms with Gasteiger partial charge in [0.15, 0.2) is 0 Å². The molecular formula is C9H7ClF3N. The topological polar surface area (TPSA) is 26.0 Å². The first-order valence-corrected chi connectivity index (χ1v) is 4.37. The SMILES string of the molecule is NC1(c2cc(Cl)ccc2F)CC1(F)F. The lowest BCUT2D eigenvalue weighted by molar-refractivity contribution is 0.0882. The van der Waals surface area contributed by atoms with Crippen molar-refractivity contribution in [1.82, 2.24) is 0 Å². The van der Waals surface area contributed by atoms with Crippen molar-refractivity contribution in [3.63, 3.8) is 0 Å². The molecule has 1 nitrogen and oxygen atoms in total. The van der Waals surface area contributed by atoms with Gasteiger partial charge in [0.25, 0.3) is 5.92 Å². The van der Waals surface area contributed by atoms with Crippen LogP contribution in [0.5, 0.6) is 0 Å². The van der Waals surface area contributed by atoms with Crippen LogP contribution in [-0.4, -0.2) is 5.92 Å². The number of benzene rings is 1. The maximum Gasteiger partial charge on any atom is 0.272 e. The molecule has 1 aromatic rings. The third-order valence-electron chi connectivity index (χ3n) is 2.44. The normalized spacial score (nSPS) is 28.9. The summed E-state index contributed by atoms with van der Waals surface area (Å²) in [5.41, 5.74) is 3.28. The van der Waals surface area contributed by atoms with Gasteiger partial charge in [-0.3, -0.25) is 0 Å². The summed E-state index contributed by atoms with van der Waals surface area (Å²) >= 11 is 5.58. The second-order valence-electron chi connectivity index (χ2n) is 3.48. The quantitative estimate of drug-likeness (QED) is 0.775. The average molecular weight is 222 g/mol. The molecule has 0 heterocycles. The van der Waals surface area contributed by atoms with Crippen LogP contribution in [0.15, 0.2) is 18.2 Å². The highest BCUT2D eigenvalue weighted by Crippen LogP contribution is 2.58. The minimum Gasteiger partial charge on any atom is -0.316 e. The van der Waals surface area contributed by atoms with Gasteiger partial charge in [-0.25, -0.2) is 13.2 Å². The fourth-order valence-corrected chi connectivity index (χ4v) is 1.61. The van der Waals surface area contributed by atoms with E-state index in [-0.39, 0.29) is 10.6 Å². The third kappa shape index (κ3) is 1.21. The molecule has 0 amide bonds. The van der Waals surface area contributed by atoms with Gasteiger partial charge in [-0.1, -0.05) is 11.6 Å². The Bertz CT molecular complexity index is 394. The minimum absolute atomic E-state index is 0.203. The first kappa shape index (κ1) is 9.80. The van der Waals surface area contributed by atoms with Crippen LogP contribution in [0.2, 0.25) is 5.02 Å². The average Bonchev–Trinajstić information content (AvgIpc) is 2.58. The largest absolute Gasteiger partial charge is 0.316 e. The molecule has 5 heteroatoms. The predicted molar refractivity (Wildman–Crippen MR) is 46.8 cm³/mol. The van der Waals surface area contributed by atoms with Crippen LogP contribution < -0.4 is 5.73 Å². The molecule has 76 valence electrons. The van der Waals surface area contributed by atoms with Gasteiger partial charge < -0.3 is 5.73 Å². The lowest BCUT2D eigenvalue weighted by atomic mass is 10.0. The van der Waals surface area contributed by atoms with Gasteiger partial charge in [-0.2, -0.15) is 0 Å². The number of hydrogen-bond acceptors (Lipinski definition) is 1. The Morgan fingerprint density at radius 3 is 2.43 bits per heavy atom. The highest BCUT2D eigenvalue weighted by Gasteiger charge is 2.70. The first-order chi connectivity index (χ1) is 6.37. The number of hydrogen-bond donors (Lipinski definition) is 1. The maximum absolute atomic E-state index is 13.2. The smallest absolute Gasteiger partial charge is 0.272 e. The molecule has 1 aromatic carbocycles. The fraction of sp³-hybridized carbons (Fsp3) is 0.333. The Balaban J connectivity index is 2.48. The first-order valence-electron chi connectivity index (χ1n) is 3.99. The van der Waals surface area contributed by atoms with Crippen molar-refractivity contribution in [1.29, 1.82) is 0 Å². The van der Waals surface area contributed by atoms with Gasteiger partial charge in [0.05, 0.1) is 0 Å². The zero-order valence-electron chi connectivity index (χ0n) is 7.03. The summed E-state index contributed by atoms with van der Waals surface area (Å²) in [6, 6.07) is 3.49. The number of alkyl halides is 2. The van der Waals surface area contributed by atoms with E-state index in [9.17, 15) is 13.2 Å². The lowest BCUT2D eigenvalue weighted by Gasteiger charge is -2.11. The Hall–Kier alpha value is -0.740. The van der Waals surface area contributed by atoms with Gasteiger partial charge >= 0.3 is 0 Å². The summed E-state index contributed by atoms with van der Waals surface area (Å²) in [6.45, 7) is 0. The van der Waals surface area contributed by atoms with Crippen molar-refractivity contribution in [3.8, 4) is 0 Å². The zero-order chi connectivity index (χ0) is 10.6. The molecule has 1 aliphatic rings. The number of rotatable bonds is 1. The van der Waals surface area contributed by atoms with Crippen LogP contribution in [0.25, 0.3) is 0 Å².